The third-order valence-corrected chi connectivity index (χ3v) is 1.80. The summed E-state index contributed by atoms with van der Waals surface area (Å²) >= 11 is 0. The summed E-state index contributed by atoms with van der Waals surface area (Å²) in [5.74, 6) is 0.502. The van der Waals surface area contributed by atoms with Crippen molar-refractivity contribution in [2.24, 2.45) is 5.92 Å². The van der Waals surface area contributed by atoms with Crippen LogP contribution in [0.15, 0.2) is 0 Å². The Labute approximate surface area is 85.7 Å². The van der Waals surface area contributed by atoms with Crippen molar-refractivity contribution in [3.8, 4) is 6.07 Å². The van der Waals surface area contributed by atoms with E-state index in [0.717, 1.165) is 6.42 Å². The first-order valence-electron chi connectivity index (χ1n) is 4.93. The fourth-order valence-corrected chi connectivity index (χ4v) is 1.26. The van der Waals surface area contributed by atoms with Gasteiger partial charge in [-0.3, -0.25) is 4.79 Å². The van der Waals surface area contributed by atoms with Crippen LogP contribution in [0.4, 0.5) is 0 Å². The van der Waals surface area contributed by atoms with E-state index in [1.807, 2.05) is 6.07 Å². The fraction of sp³-hybridized carbons (Fsp3) is 0.800. The van der Waals surface area contributed by atoms with Crippen LogP contribution in [0.1, 0.15) is 27.2 Å². The Morgan fingerprint density at radius 2 is 2.07 bits per heavy atom. The molecule has 0 rings (SSSR count). The number of nitriles is 1. The molecule has 0 saturated carbocycles. The fourth-order valence-electron chi connectivity index (χ4n) is 1.26. The minimum Gasteiger partial charge on any atom is -0.342 e. The second-order valence-electron chi connectivity index (χ2n) is 3.85. The van der Waals surface area contributed by atoms with Crippen molar-refractivity contribution in [2.75, 3.05) is 13.1 Å². The van der Waals surface area contributed by atoms with Gasteiger partial charge in [0.15, 0.2) is 0 Å². The van der Waals surface area contributed by atoms with Gasteiger partial charge in [0.2, 0.25) is 5.91 Å². The second kappa shape index (κ2) is 7.34. The maximum Gasteiger partial charge on any atom is 0.234 e. The van der Waals surface area contributed by atoms with Gasteiger partial charge in [-0.15, -0.1) is 0 Å². The zero-order valence-corrected chi connectivity index (χ0v) is 9.13. The molecule has 0 aromatic rings. The summed E-state index contributed by atoms with van der Waals surface area (Å²) in [4.78, 5) is 11.1. The number of amides is 1. The highest BCUT2D eigenvalue weighted by atomic mass is 16.1. The zero-order chi connectivity index (χ0) is 11.0. The Kier molecular flexibility index (Phi) is 6.77. The van der Waals surface area contributed by atoms with Crippen molar-refractivity contribution in [3.05, 3.63) is 0 Å². The van der Waals surface area contributed by atoms with E-state index in [1.165, 1.54) is 0 Å². The van der Waals surface area contributed by atoms with Gasteiger partial charge in [-0.2, -0.15) is 5.26 Å². The first-order chi connectivity index (χ1) is 6.56. The Hall–Kier alpha value is -1.08. The summed E-state index contributed by atoms with van der Waals surface area (Å²) in [7, 11) is 0. The molecule has 0 aliphatic heterocycles. The average Bonchev–Trinajstić information content (AvgIpc) is 2.10. The van der Waals surface area contributed by atoms with Gasteiger partial charge in [-0.25, -0.2) is 0 Å². The minimum atomic E-state index is -0.123. The lowest BCUT2D eigenvalue weighted by Crippen LogP contribution is -2.38. The number of nitrogens with zero attached hydrogens (tertiary/aromatic N) is 1. The van der Waals surface area contributed by atoms with E-state index in [-0.39, 0.29) is 19.0 Å². The maximum atomic E-state index is 11.1. The largest absolute Gasteiger partial charge is 0.342 e. The highest BCUT2D eigenvalue weighted by Gasteiger charge is 2.06. The first-order valence-corrected chi connectivity index (χ1v) is 4.93. The normalized spacial score (nSPS) is 12.2. The van der Waals surface area contributed by atoms with Crippen molar-refractivity contribution in [1.82, 2.24) is 10.6 Å². The summed E-state index contributed by atoms with van der Waals surface area (Å²) in [6.45, 7) is 6.72. The summed E-state index contributed by atoms with van der Waals surface area (Å²) in [5, 5.41) is 13.8. The zero-order valence-electron chi connectivity index (χ0n) is 9.13. The molecular formula is C10H19N3O. The van der Waals surface area contributed by atoms with Gasteiger partial charge in [0.25, 0.3) is 0 Å². The van der Waals surface area contributed by atoms with Crippen molar-refractivity contribution in [1.29, 1.82) is 5.26 Å². The van der Waals surface area contributed by atoms with Gasteiger partial charge in [0, 0.05) is 6.04 Å². The Morgan fingerprint density at radius 1 is 1.43 bits per heavy atom. The van der Waals surface area contributed by atoms with Gasteiger partial charge < -0.3 is 10.6 Å². The third kappa shape index (κ3) is 7.56. The molecule has 0 aliphatic rings. The Morgan fingerprint density at radius 3 is 2.57 bits per heavy atom. The number of hydrogen-bond donors (Lipinski definition) is 2. The van der Waals surface area contributed by atoms with Crippen LogP contribution in [0, 0.1) is 17.2 Å². The molecule has 1 unspecified atom stereocenters. The first kappa shape index (κ1) is 12.9. The molecule has 0 radical (unpaired) electrons. The monoisotopic (exact) mass is 197 g/mol. The highest BCUT2D eigenvalue weighted by molar-refractivity contribution is 5.78. The van der Waals surface area contributed by atoms with E-state index in [4.69, 9.17) is 5.26 Å². The molecule has 0 saturated heterocycles. The number of nitrogens with one attached hydrogen (secondary N) is 2. The quantitative estimate of drug-likeness (QED) is 0.614. The second-order valence-corrected chi connectivity index (χ2v) is 3.85. The SMILES string of the molecule is CC(C)CC(C)NCC(=O)NCC#N. The van der Waals surface area contributed by atoms with E-state index >= 15 is 0 Å². The van der Waals surface area contributed by atoms with Crippen LogP contribution in [-0.4, -0.2) is 25.0 Å². The van der Waals surface area contributed by atoms with Gasteiger partial charge in [0.1, 0.15) is 6.54 Å². The standard InChI is InChI=1S/C10H19N3O/c1-8(2)6-9(3)13-7-10(14)12-5-4-11/h8-9,13H,5-7H2,1-3H3,(H,12,14). The summed E-state index contributed by atoms with van der Waals surface area (Å²) < 4.78 is 0. The minimum absolute atomic E-state index is 0.0824. The van der Waals surface area contributed by atoms with E-state index in [9.17, 15) is 4.79 Å². The van der Waals surface area contributed by atoms with E-state index in [2.05, 4.69) is 31.4 Å². The molecule has 2 N–H and O–H groups in total. The molecule has 4 nitrogen and oxygen atoms in total. The van der Waals surface area contributed by atoms with Gasteiger partial charge in [-0.05, 0) is 19.3 Å². The predicted octanol–water partition coefficient (Wildman–Crippen LogP) is 0.650. The van der Waals surface area contributed by atoms with Crippen LogP contribution < -0.4 is 10.6 Å². The Balaban J connectivity index is 3.51. The maximum absolute atomic E-state index is 11.1. The number of carbonyl (C=O) groups excluding carboxylic acids is 1. The lowest BCUT2D eigenvalue weighted by atomic mass is 10.1. The van der Waals surface area contributed by atoms with Crippen LogP contribution in [0.5, 0.6) is 0 Å². The molecule has 14 heavy (non-hydrogen) atoms. The lowest BCUT2D eigenvalue weighted by molar-refractivity contribution is -0.120. The molecule has 1 amide bonds. The van der Waals surface area contributed by atoms with Crippen LogP contribution in [0.2, 0.25) is 0 Å². The number of hydrogen-bond acceptors (Lipinski definition) is 3. The van der Waals surface area contributed by atoms with Crippen LogP contribution in [0.25, 0.3) is 0 Å². The van der Waals surface area contributed by atoms with Crippen molar-refractivity contribution in [2.45, 2.75) is 33.2 Å². The molecule has 1 atom stereocenters. The van der Waals surface area contributed by atoms with Gasteiger partial charge >= 0.3 is 0 Å². The molecule has 0 aromatic heterocycles. The van der Waals surface area contributed by atoms with Crippen molar-refractivity contribution >= 4 is 5.91 Å². The van der Waals surface area contributed by atoms with Crippen molar-refractivity contribution in [3.63, 3.8) is 0 Å². The van der Waals surface area contributed by atoms with Gasteiger partial charge in [0.05, 0.1) is 12.6 Å². The predicted molar refractivity (Wildman–Crippen MR) is 55.5 cm³/mol. The topological polar surface area (TPSA) is 64.9 Å². The molecule has 0 spiro atoms. The number of carbonyl (C=O) groups is 1. The van der Waals surface area contributed by atoms with Crippen molar-refractivity contribution < 1.29 is 4.79 Å². The molecule has 0 aliphatic carbocycles. The number of rotatable bonds is 6. The molecule has 80 valence electrons. The van der Waals surface area contributed by atoms with Crippen LogP contribution >= 0.6 is 0 Å². The summed E-state index contributed by atoms with van der Waals surface area (Å²) in [5.41, 5.74) is 0. The summed E-state index contributed by atoms with van der Waals surface area (Å²) in [6, 6.07) is 2.19. The smallest absolute Gasteiger partial charge is 0.234 e. The van der Waals surface area contributed by atoms with E-state index in [0.29, 0.717) is 12.0 Å². The molecule has 0 heterocycles. The molecule has 0 bridgehead atoms. The lowest BCUT2D eigenvalue weighted by Gasteiger charge is -2.15. The molecule has 4 heteroatoms. The third-order valence-electron chi connectivity index (χ3n) is 1.80. The summed E-state index contributed by atoms with van der Waals surface area (Å²) in [6.07, 6.45) is 1.05. The van der Waals surface area contributed by atoms with Crippen LogP contribution in [0.3, 0.4) is 0 Å². The average molecular weight is 197 g/mol. The molecule has 0 aromatic carbocycles. The van der Waals surface area contributed by atoms with Crippen LogP contribution in [-0.2, 0) is 4.79 Å². The molecule has 0 fully saturated rings. The highest BCUT2D eigenvalue weighted by Crippen LogP contribution is 2.02. The van der Waals surface area contributed by atoms with E-state index < -0.39 is 0 Å². The molecular weight excluding hydrogens is 178 g/mol. The Bertz CT molecular complexity index is 208. The van der Waals surface area contributed by atoms with E-state index in [1.54, 1.807) is 0 Å². The van der Waals surface area contributed by atoms with Gasteiger partial charge in [-0.1, -0.05) is 13.8 Å².